The van der Waals surface area contributed by atoms with E-state index in [4.69, 9.17) is 4.74 Å². The zero-order valence-electron chi connectivity index (χ0n) is 12.3. The predicted octanol–water partition coefficient (Wildman–Crippen LogP) is 1.01. The highest BCUT2D eigenvalue weighted by atomic mass is 16.5. The number of ether oxygens (including phenoxy) is 1. The first-order valence-electron chi connectivity index (χ1n) is 7.03. The van der Waals surface area contributed by atoms with Gasteiger partial charge in [0.05, 0.1) is 13.2 Å². The number of aryl methyl sites for hydroxylation is 1. The third-order valence-corrected chi connectivity index (χ3v) is 3.06. The Labute approximate surface area is 119 Å². The van der Waals surface area contributed by atoms with Gasteiger partial charge in [-0.2, -0.15) is 0 Å². The number of amides is 1. The molecule has 0 aliphatic carbocycles. The zero-order chi connectivity index (χ0) is 14.5. The van der Waals surface area contributed by atoms with Crippen LogP contribution in [0.1, 0.15) is 30.2 Å². The van der Waals surface area contributed by atoms with Gasteiger partial charge in [0.25, 0.3) is 5.91 Å². The number of hydrogen-bond acceptors (Lipinski definition) is 5. The van der Waals surface area contributed by atoms with E-state index < -0.39 is 0 Å². The van der Waals surface area contributed by atoms with Gasteiger partial charge in [-0.15, -0.1) is 0 Å². The summed E-state index contributed by atoms with van der Waals surface area (Å²) in [5, 5.41) is 2.88. The summed E-state index contributed by atoms with van der Waals surface area (Å²) >= 11 is 0. The van der Waals surface area contributed by atoms with Crippen LogP contribution in [-0.2, 0) is 4.74 Å². The Bertz CT molecular complexity index is 470. The maximum atomic E-state index is 12.1. The van der Waals surface area contributed by atoms with Crippen molar-refractivity contribution in [3.8, 4) is 0 Å². The largest absolute Gasteiger partial charge is 0.378 e. The van der Waals surface area contributed by atoms with Crippen LogP contribution >= 0.6 is 0 Å². The van der Waals surface area contributed by atoms with Gasteiger partial charge in [0, 0.05) is 25.7 Å². The molecule has 0 atom stereocenters. The maximum absolute atomic E-state index is 12.1. The summed E-state index contributed by atoms with van der Waals surface area (Å²) in [5.41, 5.74) is 0.430. The van der Waals surface area contributed by atoms with E-state index in [1.165, 1.54) is 0 Å². The second kappa shape index (κ2) is 6.65. The topological polar surface area (TPSA) is 67.4 Å². The number of anilines is 1. The molecule has 1 aromatic heterocycles. The van der Waals surface area contributed by atoms with Crippen LogP contribution in [0.5, 0.6) is 0 Å². The molecule has 1 amide bonds. The van der Waals surface area contributed by atoms with Crippen LogP contribution < -0.4 is 10.2 Å². The quantitative estimate of drug-likeness (QED) is 0.890. The lowest BCUT2D eigenvalue weighted by Gasteiger charge is -2.28. The van der Waals surface area contributed by atoms with Gasteiger partial charge in [-0.3, -0.25) is 4.79 Å². The van der Waals surface area contributed by atoms with Crippen molar-refractivity contribution in [2.45, 2.75) is 20.8 Å². The van der Waals surface area contributed by atoms with Gasteiger partial charge >= 0.3 is 0 Å². The Balaban J connectivity index is 2.13. The summed E-state index contributed by atoms with van der Waals surface area (Å²) in [6.07, 6.45) is 0. The van der Waals surface area contributed by atoms with Gasteiger partial charge in [0.15, 0.2) is 0 Å². The van der Waals surface area contributed by atoms with Crippen LogP contribution in [0.2, 0.25) is 0 Å². The SMILES string of the molecule is Cc1nc(C(=O)NCC(C)C)cc(N2CCOCC2)n1. The van der Waals surface area contributed by atoms with Crippen molar-refractivity contribution in [3.63, 3.8) is 0 Å². The number of carbonyl (C=O) groups excluding carboxylic acids is 1. The average Bonchev–Trinajstić information content (AvgIpc) is 2.45. The van der Waals surface area contributed by atoms with Gasteiger partial charge < -0.3 is 15.0 Å². The number of aromatic nitrogens is 2. The zero-order valence-corrected chi connectivity index (χ0v) is 12.3. The molecule has 0 spiro atoms. The average molecular weight is 278 g/mol. The molecule has 0 aromatic carbocycles. The van der Waals surface area contributed by atoms with E-state index in [0.717, 1.165) is 18.9 Å². The van der Waals surface area contributed by atoms with Crippen molar-refractivity contribution in [3.05, 3.63) is 17.6 Å². The minimum Gasteiger partial charge on any atom is -0.378 e. The minimum absolute atomic E-state index is 0.140. The normalized spacial score (nSPS) is 15.5. The Morgan fingerprint density at radius 1 is 1.40 bits per heavy atom. The molecule has 2 heterocycles. The van der Waals surface area contributed by atoms with Crippen LogP contribution in [0, 0.1) is 12.8 Å². The summed E-state index contributed by atoms with van der Waals surface area (Å²) in [7, 11) is 0. The standard InChI is InChI=1S/C14H22N4O2/c1-10(2)9-15-14(19)12-8-13(17-11(3)16-12)18-4-6-20-7-5-18/h8,10H,4-7,9H2,1-3H3,(H,15,19). The van der Waals surface area contributed by atoms with Crippen molar-refractivity contribution >= 4 is 11.7 Å². The number of rotatable bonds is 4. The molecule has 1 aromatic rings. The highest BCUT2D eigenvalue weighted by Gasteiger charge is 2.16. The molecule has 0 unspecified atom stereocenters. The van der Waals surface area contributed by atoms with Crippen LogP contribution in [0.15, 0.2) is 6.07 Å². The highest BCUT2D eigenvalue weighted by molar-refractivity contribution is 5.92. The summed E-state index contributed by atoms with van der Waals surface area (Å²) in [6.45, 7) is 9.55. The lowest BCUT2D eigenvalue weighted by atomic mass is 10.2. The monoisotopic (exact) mass is 278 g/mol. The summed E-state index contributed by atoms with van der Waals surface area (Å²) in [6, 6.07) is 1.76. The molecule has 1 saturated heterocycles. The van der Waals surface area contributed by atoms with Crippen molar-refractivity contribution in [2.24, 2.45) is 5.92 Å². The third-order valence-electron chi connectivity index (χ3n) is 3.06. The van der Waals surface area contributed by atoms with E-state index in [0.29, 0.717) is 37.2 Å². The van der Waals surface area contributed by atoms with Crippen molar-refractivity contribution in [1.82, 2.24) is 15.3 Å². The first kappa shape index (κ1) is 14.7. The maximum Gasteiger partial charge on any atom is 0.270 e. The minimum atomic E-state index is -0.140. The number of morpholine rings is 1. The first-order chi connectivity index (χ1) is 9.56. The fourth-order valence-corrected chi connectivity index (χ4v) is 2.01. The van der Waals surface area contributed by atoms with Crippen LogP contribution in [-0.4, -0.2) is 48.7 Å². The molecular weight excluding hydrogens is 256 g/mol. The fraction of sp³-hybridized carbons (Fsp3) is 0.643. The smallest absolute Gasteiger partial charge is 0.270 e. The Kier molecular flexibility index (Phi) is 4.89. The van der Waals surface area contributed by atoms with Gasteiger partial charge in [-0.25, -0.2) is 9.97 Å². The van der Waals surface area contributed by atoms with Crippen molar-refractivity contribution < 1.29 is 9.53 Å². The Morgan fingerprint density at radius 2 is 2.10 bits per heavy atom. The lowest BCUT2D eigenvalue weighted by molar-refractivity contribution is 0.0943. The van der Waals surface area contributed by atoms with E-state index >= 15 is 0 Å². The summed E-state index contributed by atoms with van der Waals surface area (Å²) in [4.78, 5) is 22.9. The number of nitrogens with zero attached hydrogens (tertiary/aromatic N) is 3. The second-order valence-electron chi connectivity index (χ2n) is 5.36. The van der Waals surface area contributed by atoms with Gasteiger partial charge in [0.2, 0.25) is 0 Å². The number of carbonyl (C=O) groups is 1. The van der Waals surface area contributed by atoms with Crippen LogP contribution in [0.4, 0.5) is 5.82 Å². The van der Waals surface area contributed by atoms with E-state index in [9.17, 15) is 4.79 Å². The summed E-state index contributed by atoms with van der Waals surface area (Å²) < 4.78 is 5.33. The van der Waals surface area contributed by atoms with E-state index in [1.54, 1.807) is 6.07 Å². The third kappa shape index (κ3) is 3.90. The van der Waals surface area contributed by atoms with Gasteiger partial charge in [-0.05, 0) is 12.8 Å². The molecule has 2 rings (SSSR count). The fourth-order valence-electron chi connectivity index (χ4n) is 2.01. The molecule has 20 heavy (non-hydrogen) atoms. The van der Waals surface area contributed by atoms with Gasteiger partial charge in [-0.1, -0.05) is 13.8 Å². The Hall–Kier alpha value is -1.69. The number of hydrogen-bond donors (Lipinski definition) is 1. The molecular formula is C14H22N4O2. The van der Waals surface area contributed by atoms with E-state index in [2.05, 4.69) is 34.0 Å². The molecule has 1 N–H and O–H groups in total. The molecule has 0 saturated carbocycles. The summed E-state index contributed by atoms with van der Waals surface area (Å²) in [5.74, 6) is 1.69. The first-order valence-corrected chi connectivity index (χ1v) is 7.03. The molecule has 1 aliphatic rings. The molecule has 0 bridgehead atoms. The second-order valence-corrected chi connectivity index (χ2v) is 5.36. The molecule has 0 radical (unpaired) electrons. The van der Waals surface area contributed by atoms with Crippen LogP contribution in [0.3, 0.4) is 0 Å². The van der Waals surface area contributed by atoms with E-state index in [-0.39, 0.29) is 5.91 Å². The lowest BCUT2D eigenvalue weighted by Crippen LogP contribution is -2.37. The molecule has 1 aliphatic heterocycles. The number of nitrogens with one attached hydrogen (secondary N) is 1. The van der Waals surface area contributed by atoms with Crippen molar-refractivity contribution in [1.29, 1.82) is 0 Å². The van der Waals surface area contributed by atoms with Crippen LogP contribution in [0.25, 0.3) is 0 Å². The van der Waals surface area contributed by atoms with Crippen molar-refractivity contribution in [2.75, 3.05) is 37.7 Å². The Morgan fingerprint density at radius 3 is 2.75 bits per heavy atom. The molecule has 1 fully saturated rings. The molecule has 6 nitrogen and oxygen atoms in total. The molecule has 6 heteroatoms. The predicted molar refractivity (Wildman–Crippen MR) is 77.0 cm³/mol. The van der Waals surface area contributed by atoms with E-state index in [1.807, 2.05) is 6.92 Å². The highest BCUT2D eigenvalue weighted by Crippen LogP contribution is 2.14. The van der Waals surface area contributed by atoms with Gasteiger partial charge in [0.1, 0.15) is 17.3 Å². The molecule has 110 valence electrons.